The molecule has 1 N–H and O–H groups in total. The van der Waals surface area contributed by atoms with Crippen LogP contribution in [-0.4, -0.2) is 22.8 Å². The van der Waals surface area contributed by atoms with Gasteiger partial charge >= 0.3 is 0 Å². The Kier molecular flexibility index (Phi) is 5.80. The fraction of sp³-hybridized carbons (Fsp3) is 0.200. The van der Waals surface area contributed by atoms with E-state index in [2.05, 4.69) is 39.4 Å². The quantitative estimate of drug-likeness (QED) is 0.346. The smallest absolute Gasteiger partial charge is 0.241 e. The predicted octanol–water partition coefficient (Wildman–Crippen LogP) is 5.12. The highest BCUT2D eigenvalue weighted by molar-refractivity contribution is 6.08. The van der Waals surface area contributed by atoms with Gasteiger partial charge in [0.1, 0.15) is 5.75 Å². The number of amides is 1. The van der Waals surface area contributed by atoms with Crippen LogP contribution >= 0.6 is 0 Å². The summed E-state index contributed by atoms with van der Waals surface area (Å²) in [4.78, 5) is 12.4. The summed E-state index contributed by atoms with van der Waals surface area (Å²) in [6.07, 6.45) is 0.350. The average Bonchev–Trinajstić information content (AvgIpc) is 3.10. The summed E-state index contributed by atoms with van der Waals surface area (Å²) in [5, 5.41) is 6.67. The van der Waals surface area contributed by atoms with Crippen molar-refractivity contribution in [3.05, 3.63) is 78.4 Å². The fourth-order valence-corrected chi connectivity index (χ4v) is 3.68. The molecule has 0 saturated carbocycles. The number of hydrogen-bond donors (Lipinski definition) is 1. The van der Waals surface area contributed by atoms with Crippen molar-refractivity contribution >= 4 is 33.4 Å². The van der Waals surface area contributed by atoms with Crippen LogP contribution in [0.25, 0.3) is 21.8 Å². The zero-order chi connectivity index (χ0) is 20.9. The van der Waals surface area contributed by atoms with E-state index < -0.39 is 0 Å². The number of hydrogen-bond acceptors (Lipinski definition) is 3. The van der Waals surface area contributed by atoms with E-state index >= 15 is 0 Å². The number of nitrogens with one attached hydrogen (secondary N) is 1. The summed E-state index contributed by atoms with van der Waals surface area (Å²) >= 11 is 0. The lowest BCUT2D eigenvalue weighted by Crippen LogP contribution is -2.20. The molecular formula is C25H25N3O2. The highest BCUT2D eigenvalue weighted by Crippen LogP contribution is 2.28. The number of carbonyl (C=O) groups is 1. The largest absolute Gasteiger partial charge is 0.494 e. The fourth-order valence-electron chi connectivity index (χ4n) is 3.68. The molecule has 5 nitrogen and oxygen atoms in total. The Morgan fingerprint density at radius 3 is 2.13 bits per heavy atom. The van der Waals surface area contributed by atoms with E-state index in [9.17, 15) is 4.79 Å². The van der Waals surface area contributed by atoms with Crippen LogP contribution in [0, 0.1) is 0 Å². The second-order valence-corrected chi connectivity index (χ2v) is 7.13. The molecule has 0 aliphatic carbocycles. The molecule has 3 aromatic carbocycles. The Morgan fingerprint density at radius 2 is 1.53 bits per heavy atom. The molecule has 5 heteroatoms. The van der Waals surface area contributed by atoms with E-state index in [0.717, 1.165) is 28.1 Å². The van der Waals surface area contributed by atoms with Gasteiger partial charge in [-0.2, -0.15) is 5.10 Å². The lowest BCUT2D eigenvalue weighted by atomic mass is 10.1. The second-order valence-electron chi connectivity index (χ2n) is 7.13. The van der Waals surface area contributed by atoms with Crippen LogP contribution in [0.1, 0.15) is 25.8 Å². The van der Waals surface area contributed by atoms with E-state index in [1.165, 1.54) is 10.8 Å². The number of carbonyl (C=O) groups excluding carboxylic acids is 1. The van der Waals surface area contributed by atoms with E-state index in [1.807, 2.05) is 62.4 Å². The SMILES string of the molecule is CCOc1ccc(C(C)=NNC(=O)CCn2c3ccccc3c3ccccc32)cc1. The molecule has 1 aromatic heterocycles. The number of aromatic nitrogens is 1. The maximum Gasteiger partial charge on any atom is 0.241 e. The molecule has 0 bridgehead atoms. The first-order chi connectivity index (χ1) is 14.7. The third kappa shape index (κ3) is 4.06. The van der Waals surface area contributed by atoms with Crippen LogP contribution in [-0.2, 0) is 11.3 Å². The van der Waals surface area contributed by atoms with Crippen molar-refractivity contribution in [1.82, 2.24) is 9.99 Å². The van der Waals surface area contributed by atoms with Gasteiger partial charge in [-0.25, -0.2) is 5.43 Å². The molecule has 30 heavy (non-hydrogen) atoms. The van der Waals surface area contributed by atoms with Gasteiger partial charge in [0.25, 0.3) is 0 Å². The number of hydrazone groups is 1. The standard InChI is InChI=1S/C25H25N3O2/c1-3-30-20-14-12-19(13-15-20)18(2)26-27-25(29)16-17-28-23-10-6-4-8-21(23)22-9-5-7-11-24(22)28/h4-15H,3,16-17H2,1-2H3,(H,27,29). The van der Waals surface area contributed by atoms with Gasteiger partial charge in [0.2, 0.25) is 5.91 Å². The second kappa shape index (κ2) is 8.82. The third-order valence-electron chi connectivity index (χ3n) is 5.17. The van der Waals surface area contributed by atoms with Gasteiger partial charge in [-0.15, -0.1) is 0 Å². The first-order valence-electron chi connectivity index (χ1n) is 10.2. The molecule has 0 aliphatic rings. The Morgan fingerprint density at radius 1 is 0.933 bits per heavy atom. The first-order valence-corrected chi connectivity index (χ1v) is 10.2. The van der Waals surface area contributed by atoms with Gasteiger partial charge in [-0.3, -0.25) is 4.79 Å². The van der Waals surface area contributed by atoms with Gasteiger partial charge in [0, 0.05) is 34.8 Å². The van der Waals surface area contributed by atoms with Crippen LogP contribution in [0.3, 0.4) is 0 Å². The van der Waals surface area contributed by atoms with Crippen molar-refractivity contribution in [2.75, 3.05) is 6.61 Å². The van der Waals surface area contributed by atoms with Crippen LogP contribution in [0.5, 0.6) is 5.75 Å². The lowest BCUT2D eigenvalue weighted by Gasteiger charge is -2.08. The van der Waals surface area contributed by atoms with E-state index in [1.54, 1.807) is 0 Å². The van der Waals surface area contributed by atoms with Gasteiger partial charge in [-0.05, 0) is 55.8 Å². The Bertz CT molecular complexity index is 1150. The van der Waals surface area contributed by atoms with E-state index in [0.29, 0.717) is 19.6 Å². The molecular weight excluding hydrogens is 374 g/mol. The molecule has 0 radical (unpaired) electrons. The number of nitrogens with zero attached hydrogens (tertiary/aromatic N) is 2. The molecule has 0 spiro atoms. The van der Waals surface area contributed by atoms with Crippen LogP contribution < -0.4 is 10.2 Å². The van der Waals surface area contributed by atoms with E-state index in [-0.39, 0.29) is 5.91 Å². The van der Waals surface area contributed by atoms with Gasteiger partial charge in [0.05, 0.1) is 12.3 Å². The summed E-state index contributed by atoms with van der Waals surface area (Å²) in [6, 6.07) is 24.3. The molecule has 4 aromatic rings. The van der Waals surface area contributed by atoms with Crippen molar-refractivity contribution in [2.45, 2.75) is 26.8 Å². The minimum absolute atomic E-state index is 0.109. The molecule has 0 saturated heterocycles. The Balaban J connectivity index is 1.44. The molecule has 152 valence electrons. The van der Waals surface area contributed by atoms with Gasteiger partial charge in [-0.1, -0.05) is 36.4 Å². The molecule has 0 atom stereocenters. The predicted molar refractivity (Wildman–Crippen MR) is 122 cm³/mol. The summed E-state index contributed by atoms with van der Waals surface area (Å²) in [6.45, 7) is 5.06. The summed E-state index contributed by atoms with van der Waals surface area (Å²) in [7, 11) is 0. The highest BCUT2D eigenvalue weighted by Gasteiger charge is 2.11. The van der Waals surface area contributed by atoms with Crippen molar-refractivity contribution in [3.63, 3.8) is 0 Å². The Hall–Kier alpha value is -3.60. The highest BCUT2D eigenvalue weighted by atomic mass is 16.5. The minimum atomic E-state index is -0.109. The molecule has 0 aliphatic heterocycles. The lowest BCUT2D eigenvalue weighted by molar-refractivity contribution is -0.121. The van der Waals surface area contributed by atoms with Gasteiger partial charge < -0.3 is 9.30 Å². The van der Waals surface area contributed by atoms with Crippen LogP contribution in [0.2, 0.25) is 0 Å². The summed E-state index contributed by atoms with van der Waals surface area (Å²) < 4.78 is 7.66. The van der Waals surface area contributed by atoms with Crippen molar-refractivity contribution in [3.8, 4) is 5.75 Å². The van der Waals surface area contributed by atoms with Crippen molar-refractivity contribution < 1.29 is 9.53 Å². The van der Waals surface area contributed by atoms with Crippen LogP contribution in [0.4, 0.5) is 0 Å². The van der Waals surface area contributed by atoms with Crippen LogP contribution in [0.15, 0.2) is 77.9 Å². The topological polar surface area (TPSA) is 55.6 Å². The molecule has 0 unspecified atom stereocenters. The zero-order valence-electron chi connectivity index (χ0n) is 17.3. The molecule has 1 heterocycles. The number of para-hydroxylation sites is 2. The maximum absolute atomic E-state index is 12.4. The third-order valence-corrected chi connectivity index (χ3v) is 5.17. The number of rotatable bonds is 7. The zero-order valence-corrected chi connectivity index (χ0v) is 17.3. The first kappa shape index (κ1) is 19.7. The van der Waals surface area contributed by atoms with E-state index in [4.69, 9.17) is 4.74 Å². The number of fused-ring (bicyclic) bond motifs is 3. The Labute approximate surface area is 176 Å². The number of aryl methyl sites for hydroxylation is 1. The van der Waals surface area contributed by atoms with Crippen molar-refractivity contribution in [1.29, 1.82) is 0 Å². The number of ether oxygens (including phenoxy) is 1. The molecule has 4 rings (SSSR count). The normalized spacial score (nSPS) is 11.7. The number of benzene rings is 3. The summed E-state index contributed by atoms with van der Waals surface area (Å²) in [5.74, 6) is 0.714. The van der Waals surface area contributed by atoms with Gasteiger partial charge in [0.15, 0.2) is 0 Å². The minimum Gasteiger partial charge on any atom is -0.494 e. The summed E-state index contributed by atoms with van der Waals surface area (Å²) in [5.41, 5.74) is 6.66. The van der Waals surface area contributed by atoms with Crippen molar-refractivity contribution in [2.24, 2.45) is 5.10 Å². The average molecular weight is 399 g/mol. The molecule has 0 fully saturated rings. The molecule has 1 amide bonds. The monoisotopic (exact) mass is 399 g/mol. The maximum atomic E-state index is 12.4.